The van der Waals surface area contributed by atoms with E-state index in [1.54, 1.807) is 0 Å². The van der Waals surface area contributed by atoms with Crippen LogP contribution >= 0.6 is 0 Å². The van der Waals surface area contributed by atoms with Crippen molar-refractivity contribution in [2.45, 2.75) is 26.1 Å². The summed E-state index contributed by atoms with van der Waals surface area (Å²) in [5.41, 5.74) is 1.99. The van der Waals surface area contributed by atoms with Crippen LogP contribution < -0.4 is 9.47 Å². The SMILES string of the molecule is CC1(C)C=Cc2cc(OCc3ccccc3)ccc2O1. The molecule has 20 heavy (non-hydrogen) atoms. The molecular formula is C18H18O2. The lowest BCUT2D eigenvalue weighted by Crippen LogP contribution is -2.27. The maximum Gasteiger partial charge on any atom is 0.128 e. The van der Waals surface area contributed by atoms with Crippen LogP contribution in [-0.4, -0.2) is 5.60 Å². The van der Waals surface area contributed by atoms with Crippen LogP contribution in [0.1, 0.15) is 25.0 Å². The molecule has 2 heteroatoms. The van der Waals surface area contributed by atoms with E-state index in [2.05, 4.69) is 24.3 Å². The molecule has 102 valence electrons. The topological polar surface area (TPSA) is 18.5 Å². The van der Waals surface area contributed by atoms with Gasteiger partial charge in [-0.2, -0.15) is 0 Å². The molecule has 0 amide bonds. The second-order valence-corrected chi connectivity index (χ2v) is 5.51. The molecule has 0 N–H and O–H groups in total. The van der Waals surface area contributed by atoms with E-state index in [0.717, 1.165) is 22.6 Å². The summed E-state index contributed by atoms with van der Waals surface area (Å²) in [4.78, 5) is 0. The van der Waals surface area contributed by atoms with Crippen molar-refractivity contribution < 1.29 is 9.47 Å². The summed E-state index contributed by atoms with van der Waals surface area (Å²) in [5.74, 6) is 1.77. The molecule has 2 aromatic rings. The molecule has 0 fully saturated rings. The minimum atomic E-state index is -0.237. The molecule has 1 aliphatic heterocycles. The molecule has 0 saturated carbocycles. The number of hydrogen-bond donors (Lipinski definition) is 0. The largest absolute Gasteiger partial charge is 0.489 e. The first-order valence-corrected chi connectivity index (χ1v) is 6.81. The fraction of sp³-hybridized carbons (Fsp3) is 0.222. The summed E-state index contributed by atoms with van der Waals surface area (Å²) < 4.78 is 11.7. The van der Waals surface area contributed by atoms with Gasteiger partial charge in [-0.3, -0.25) is 0 Å². The molecule has 0 radical (unpaired) electrons. The van der Waals surface area contributed by atoms with Crippen molar-refractivity contribution in [3.63, 3.8) is 0 Å². The van der Waals surface area contributed by atoms with Crippen molar-refractivity contribution in [2.75, 3.05) is 0 Å². The highest BCUT2D eigenvalue weighted by Gasteiger charge is 2.21. The predicted molar refractivity (Wildman–Crippen MR) is 81.0 cm³/mol. The lowest BCUT2D eigenvalue weighted by atomic mass is 10.0. The molecule has 0 aromatic heterocycles. The van der Waals surface area contributed by atoms with E-state index in [1.165, 1.54) is 0 Å². The van der Waals surface area contributed by atoms with Gasteiger partial charge in [0.15, 0.2) is 0 Å². The third-order valence-electron chi connectivity index (χ3n) is 3.27. The van der Waals surface area contributed by atoms with Gasteiger partial charge in [0.1, 0.15) is 23.7 Å². The van der Waals surface area contributed by atoms with Gasteiger partial charge in [0, 0.05) is 5.56 Å². The van der Waals surface area contributed by atoms with Crippen LogP contribution in [0.3, 0.4) is 0 Å². The zero-order valence-corrected chi connectivity index (χ0v) is 11.8. The van der Waals surface area contributed by atoms with Gasteiger partial charge < -0.3 is 9.47 Å². The number of rotatable bonds is 3. The first kappa shape index (κ1) is 12.8. The summed E-state index contributed by atoms with van der Waals surface area (Å²) in [6.45, 7) is 4.67. The second kappa shape index (κ2) is 5.04. The average Bonchev–Trinajstić information content (AvgIpc) is 2.45. The maximum absolute atomic E-state index is 5.89. The quantitative estimate of drug-likeness (QED) is 0.817. The molecule has 0 saturated heterocycles. The molecule has 0 bridgehead atoms. The van der Waals surface area contributed by atoms with Crippen molar-refractivity contribution in [3.05, 3.63) is 65.7 Å². The highest BCUT2D eigenvalue weighted by molar-refractivity contribution is 5.62. The van der Waals surface area contributed by atoms with Gasteiger partial charge in [-0.1, -0.05) is 36.4 Å². The van der Waals surface area contributed by atoms with Gasteiger partial charge in [-0.25, -0.2) is 0 Å². The van der Waals surface area contributed by atoms with Crippen molar-refractivity contribution in [3.8, 4) is 11.5 Å². The number of hydrogen-bond acceptors (Lipinski definition) is 2. The Labute approximate surface area is 119 Å². The van der Waals surface area contributed by atoms with Crippen molar-refractivity contribution in [1.82, 2.24) is 0 Å². The van der Waals surface area contributed by atoms with E-state index in [9.17, 15) is 0 Å². The Morgan fingerprint density at radius 3 is 2.65 bits per heavy atom. The zero-order valence-electron chi connectivity index (χ0n) is 11.8. The Morgan fingerprint density at radius 2 is 1.85 bits per heavy atom. The van der Waals surface area contributed by atoms with Gasteiger partial charge in [-0.15, -0.1) is 0 Å². The van der Waals surface area contributed by atoms with E-state index in [4.69, 9.17) is 9.47 Å². The van der Waals surface area contributed by atoms with Crippen LogP contribution in [0.2, 0.25) is 0 Å². The Morgan fingerprint density at radius 1 is 1.05 bits per heavy atom. The van der Waals surface area contributed by atoms with Crippen LogP contribution in [0, 0.1) is 0 Å². The first-order valence-electron chi connectivity index (χ1n) is 6.81. The van der Waals surface area contributed by atoms with Gasteiger partial charge in [-0.05, 0) is 43.7 Å². The van der Waals surface area contributed by atoms with E-state index >= 15 is 0 Å². The summed E-state index contributed by atoms with van der Waals surface area (Å²) in [7, 11) is 0. The fourth-order valence-corrected chi connectivity index (χ4v) is 2.19. The van der Waals surface area contributed by atoms with E-state index in [1.807, 2.05) is 50.2 Å². The third kappa shape index (κ3) is 2.85. The Balaban J connectivity index is 1.74. The lowest BCUT2D eigenvalue weighted by molar-refractivity contribution is 0.158. The smallest absolute Gasteiger partial charge is 0.128 e. The minimum absolute atomic E-state index is 0.237. The van der Waals surface area contributed by atoms with E-state index < -0.39 is 0 Å². The normalized spacial score (nSPS) is 15.3. The molecule has 1 aliphatic rings. The van der Waals surface area contributed by atoms with Gasteiger partial charge >= 0.3 is 0 Å². The Kier molecular flexibility index (Phi) is 3.23. The summed E-state index contributed by atoms with van der Waals surface area (Å²) in [6, 6.07) is 16.1. The predicted octanol–water partition coefficient (Wildman–Crippen LogP) is 4.45. The standard InChI is InChI=1S/C18H18O2/c1-18(2)11-10-15-12-16(8-9-17(15)20-18)19-13-14-6-4-3-5-7-14/h3-12H,13H2,1-2H3. The number of fused-ring (bicyclic) bond motifs is 1. The molecule has 0 spiro atoms. The summed E-state index contributed by atoms with van der Waals surface area (Å²) in [6.07, 6.45) is 4.16. The molecule has 0 atom stereocenters. The number of benzene rings is 2. The van der Waals surface area contributed by atoms with Crippen LogP contribution in [0.5, 0.6) is 11.5 Å². The Hall–Kier alpha value is -2.22. The van der Waals surface area contributed by atoms with Crippen molar-refractivity contribution >= 4 is 6.08 Å². The van der Waals surface area contributed by atoms with Gasteiger partial charge in [0.25, 0.3) is 0 Å². The first-order chi connectivity index (χ1) is 9.62. The molecular weight excluding hydrogens is 248 g/mol. The van der Waals surface area contributed by atoms with E-state index in [0.29, 0.717) is 6.61 Å². The monoisotopic (exact) mass is 266 g/mol. The molecule has 0 aliphatic carbocycles. The van der Waals surface area contributed by atoms with E-state index in [-0.39, 0.29) is 5.60 Å². The third-order valence-corrected chi connectivity index (χ3v) is 3.27. The number of ether oxygens (including phenoxy) is 2. The lowest BCUT2D eigenvalue weighted by Gasteiger charge is -2.27. The van der Waals surface area contributed by atoms with Crippen molar-refractivity contribution in [1.29, 1.82) is 0 Å². The summed E-state index contributed by atoms with van der Waals surface area (Å²) in [5, 5.41) is 0. The summed E-state index contributed by atoms with van der Waals surface area (Å²) >= 11 is 0. The highest BCUT2D eigenvalue weighted by Crippen LogP contribution is 2.33. The van der Waals surface area contributed by atoms with Crippen molar-refractivity contribution in [2.24, 2.45) is 0 Å². The van der Waals surface area contributed by atoms with Crippen LogP contribution in [0.4, 0.5) is 0 Å². The molecule has 1 heterocycles. The van der Waals surface area contributed by atoms with Crippen LogP contribution in [0.15, 0.2) is 54.6 Å². The zero-order chi connectivity index (χ0) is 14.0. The maximum atomic E-state index is 5.89. The molecule has 0 unspecified atom stereocenters. The van der Waals surface area contributed by atoms with Crippen LogP contribution in [0.25, 0.3) is 6.08 Å². The second-order valence-electron chi connectivity index (χ2n) is 5.51. The van der Waals surface area contributed by atoms with Gasteiger partial charge in [0.2, 0.25) is 0 Å². The fourth-order valence-electron chi connectivity index (χ4n) is 2.19. The average molecular weight is 266 g/mol. The molecule has 3 rings (SSSR count). The minimum Gasteiger partial charge on any atom is -0.489 e. The Bertz CT molecular complexity index is 627. The molecule has 2 aromatic carbocycles. The van der Waals surface area contributed by atoms with Crippen LogP contribution in [-0.2, 0) is 6.61 Å². The highest BCUT2D eigenvalue weighted by atomic mass is 16.5. The molecule has 2 nitrogen and oxygen atoms in total. The van der Waals surface area contributed by atoms with Gasteiger partial charge in [0.05, 0.1) is 0 Å².